The van der Waals surface area contributed by atoms with Gasteiger partial charge in [0, 0.05) is 24.3 Å². The van der Waals surface area contributed by atoms with Crippen molar-refractivity contribution in [2.24, 2.45) is 0 Å². The summed E-state index contributed by atoms with van der Waals surface area (Å²) >= 11 is 0. The Labute approximate surface area is 115 Å². The number of rotatable bonds is 4. The summed E-state index contributed by atoms with van der Waals surface area (Å²) in [5.74, 6) is -0.0573. The van der Waals surface area contributed by atoms with Crippen LogP contribution in [-0.4, -0.2) is 46.8 Å². The fourth-order valence-electron chi connectivity index (χ4n) is 2.72. The van der Waals surface area contributed by atoms with E-state index in [0.717, 1.165) is 12.8 Å². The lowest BCUT2D eigenvalue weighted by Gasteiger charge is -2.26. The molecule has 1 amide bonds. The van der Waals surface area contributed by atoms with Gasteiger partial charge >= 0.3 is 0 Å². The Bertz CT molecular complexity index is 438. The lowest BCUT2D eigenvalue weighted by molar-refractivity contribution is 0.0913. The number of amides is 1. The molecule has 2 atom stereocenters. The first-order chi connectivity index (χ1) is 8.99. The highest BCUT2D eigenvalue weighted by molar-refractivity contribution is 5.92. The molecule has 5 nitrogen and oxygen atoms in total. The van der Waals surface area contributed by atoms with Crippen LogP contribution in [0, 0.1) is 0 Å². The van der Waals surface area contributed by atoms with E-state index in [4.69, 9.17) is 0 Å². The molecule has 5 heteroatoms. The molecule has 106 valence electrons. The van der Waals surface area contributed by atoms with Crippen molar-refractivity contribution in [1.82, 2.24) is 20.0 Å². The lowest BCUT2D eigenvalue weighted by atomic mass is 10.1. The fourth-order valence-corrected chi connectivity index (χ4v) is 2.72. The highest BCUT2D eigenvalue weighted by Crippen LogP contribution is 2.22. The van der Waals surface area contributed by atoms with E-state index in [-0.39, 0.29) is 18.0 Å². The SMILES string of the molecule is CC(C)n1ccc(C(=O)N[C@@H]2CCC[C@H]2N(C)C)n1. The summed E-state index contributed by atoms with van der Waals surface area (Å²) in [6.45, 7) is 4.10. The molecule has 0 unspecified atom stereocenters. The molecular formula is C14H24N4O. The average molecular weight is 264 g/mol. The molecule has 0 spiro atoms. The standard InChI is InChI=1S/C14H24N4O/c1-10(2)18-9-8-12(16-18)14(19)15-11-6-5-7-13(11)17(3)4/h8-11,13H,5-7H2,1-4H3,(H,15,19)/t11-,13-/m1/s1. The minimum absolute atomic E-state index is 0.0573. The first-order valence-corrected chi connectivity index (χ1v) is 7.01. The Hall–Kier alpha value is -1.36. The van der Waals surface area contributed by atoms with Crippen LogP contribution in [0.15, 0.2) is 12.3 Å². The van der Waals surface area contributed by atoms with Crippen LogP contribution in [0.1, 0.15) is 49.6 Å². The summed E-state index contributed by atoms with van der Waals surface area (Å²) in [5, 5.41) is 7.44. The molecule has 0 aliphatic heterocycles. The van der Waals surface area contributed by atoms with Gasteiger partial charge < -0.3 is 10.2 Å². The van der Waals surface area contributed by atoms with Crippen LogP contribution < -0.4 is 5.32 Å². The molecule has 1 aromatic rings. The third-order valence-electron chi connectivity index (χ3n) is 3.83. The van der Waals surface area contributed by atoms with Crippen molar-refractivity contribution >= 4 is 5.91 Å². The molecule has 19 heavy (non-hydrogen) atoms. The molecule has 1 aromatic heterocycles. The minimum Gasteiger partial charge on any atom is -0.346 e. The van der Waals surface area contributed by atoms with E-state index in [9.17, 15) is 4.79 Å². The zero-order chi connectivity index (χ0) is 14.0. The maximum atomic E-state index is 12.2. The quantitative estimate of drug-likeness (QED) is 0.900. The molecule has 1 N–H and O–H groups in total. The number of nitrogens with one attached hydrogen (secondary N) is 1. The van der Waals surface area contributed by atoms with Gasteiger partial charge in [-0.25, -0.2) is 0 Å². The normalized spacial score (nSPS) is 23.3. The number of carbonyl (C=O) groups excluding carboxylic acids is 1. The third-order valence-corrected chi connectivity index (χ3v) is 3.83. The van der Waals surface area contributed by atoms with Crippen molar-refractivity contribution in [1.29, 1.82) is 0 Å². The first-order valence-electron chi connectivity index (χ1n) is 7.01. The second-order valence-electron chi connectivity index (χ2n) is 5.82. The Kier molecular flexibility index (Phi) is 4.24. The molecule has 1 aliphatic rings. The van der Waals surface area contributed by atoms with Gasteiger partial charge in [-0.3, -0.25) is 9.48 Å². The number of likely N-dealkylation sites (N-methyl/N-ethyl adjacent to an activating group) is 1. The molecule has 1 aliphatic carbocycles. The Morgan fingerprint density at radius 2 is 2.21 bits per heavy atom. The zero-order valence-electron chi connectivity index (χ0n) is 12.3. The predicted octanol–water partition coefficient (Wildman–Crippen LogP) is 1.68. The van der Waals surface area contributed by atoms with Crippen molar-refractivity contribution < 1.29 is 4.79 Å². The van der Waals surface area contributed by atoms with Gasteiger partial charge in [0.15, 0.2) is 0 Å². The summed E-state index contributed by atoms with van der Waals surface area (Å²) in [4.78, 5) is 14.4. The van der Waals surface area contributed by atoms with Crippen LogP contribution in [-0.2, 0) is 0 Å². The van der Waals surface area contributed by atoms with Crippen molar-refractivity contribution in [3.63, 3.8) is 0 Å². The van der Waals surface area contributed by atoms with Gasteiger partial charge in [0.1, 0.15) is 5.69 Å². The molecule has 0 bridgehead atoms. The summed E-state index contributed by atoms with van der Waals surface area (Å²) in [5.41, 5.74) is 0.512. The molecule has 0 saturated heterocycles. The van der Waals surface area contributed by atoms with Gasteiger partial charge in [-0.2, -0.15) is 5.10 Å². The van der Waals surface area contributed by atoms with E-state index in [1.807, 2.05) is 24.7 Å². The molecule has 1 heterocycles. The van der Waals surface area contributed by atoms with E-state index in [0.29, 0.717) is 11.7 Å². The number of hydrogen-bond acceptors (Lipinski definition) is 3. The molecule has 1 fully saturated rings. The zero-order valence-corrected chi connectivity index (χ0v) is 12.3. The second-order valence-corrected chi connectivity index (χ2v) is 5.82. The van der Waals surface area contributed by atoms with E-state index < -0.39 is 0 Å². The maximum Gasteiger partial charge on any atom is 0.272 e. The largest absolute Gasteiger partial charge is 0.346 e. The number of aromatic nitrogens is 2. The van der Waals surface area contributed by atoms with E-state index >= 15 is 0 Å². The average Bonchev–Trinajstić information content (AvgIpc) is 2.96. The maximum absolute atomic E-state index is 12.2. The van der Waals surface area contributed by atoms with Crippen LogP contribution in [0.5, 0.6) is 0 Å². The highest BCUT2D eigenvalue weighted by Gasteiger charge is 2.30. The first kappa shape index (κ1) is 14.1. The minimum atomic E-state index is -0.0573. The van der Waals surface area contributed by atoms with Crippen molar-refractivity contribution in [2.75, 3.05) is 14.1 Å². The fraction of sp³-hybridized carbons (Fsp3) is 0.714. The summed E-state index contributed by atoms with van der Waals surface area (Å²) in [7, 11) is 4.14. The number of nitrogens with zero attached hydrogens (tertiary/aromatic N) is 3. The molecule has 0 aromatic carbocycles. The molecule has 0 radical (unpaired) electrons. The molecule has 2 rings (SSSR count). The van der Waals surface area contributed by atoms with Crippen LogP contribution in [0.25, 0.3) is 0 Å². The van der Waals surface area contributed by atoms with Gasteiger partial charge in [-0.15, -0.1) is 0 Å². The van der Waals surface area contributed by atoms with Crippen LogP contribution in [0.4, 0.5) is 0 Å². The van der Waals surface area contributed by atoms with Crippen LogP contribution in [0.2, 0.25) is 0 Å². The van der Waals surface area contributed by atoms with Crippen LogP contribution in [0.3, 0.4) is 0 Å². The summed E-state index contributed by atoms with van der Waals surface area (Å²) < 4.78 is 1.81. The van der Waals surface area contributed by atoms with Crippen molar-refractivity contribution in [3.05, 3.63) is 18.0 Å². The third kappa shape index (κ3) is 3.15. The van der Waals surface area contributed by atoms with Gasteiger partial charge in [0.25, 0.3) is 5.91 Å². The number of hydrogen-bond donors (Lipinski definition) is 1. The Morgan fingerprint density at radius 1 is 1.47 bits per heavy atom. The monoisotopic (exact) mass is 264 g/mol. The predicted molar refractivity (Wildman–Crippen MR) is 75.2 cm³/mol. The number of carbonyl (C=O) groups is 1. The van der Waals surface area contributed by atoms with Gasteiger partial charge in [0.2, 0.25) is 0 Å². The Balaban J connectivity index is 2.00. The topological polar surface area (TPSA) is 50.2 Å². The molecular weight excluding hydrogens is 240 g/mol. The van der Waals surface area contributed by atoms with E-state index in [2.05, 4.69) is 29.4 Å². The van der Waals surface area contributed by atoms with Crippen molar-refractivity contribution in [2.45, 2.75) is 51.2 Å². The smallest absolute Gasteiger partial charge is 0.272 e. The van der Waals surface area contributed by atoms with E-state index in [1.54, 1.807) is 6.07 Å². The van der Waals surface area contributed by atoms with Gasteiger partial charge in [-0.1, -0.05) is 0 Å². The molecule has 1 saturated carbocycles. The van der Waals surface area contributed by atoms with Gasteiger partial charge in [-0.05, 0) is 53.3 Å². The second kappa shape index (κ2) is 5.74. The summed E-state index contributed by atoms with van der Waals surface area (Å²) in [6, 6.07) is 2.75. The summed E-state index contributed by atoms with van der Waals surface area (Å²) in [6.07, 6.45) is 5.24. The lowest BCUT2D eigenvalue weighted by Crippen LogP contribution is -2.46. The van der Waals surface area contributed by atoms with Gasteiger partial charge in [0.05, 0.1) is 0 Å². The highest BCUT2D eigenvalue weighted by atomic mass is 16.2. The van der Waals surface area contributed by atoms with Crippen molar-refractivity contribution in [3.8, 4) is 0 Å². The Morgan fingerprint density at radius 3 is 2.79 bits per heavy atom. The van der Waals surface area contributed by atoms with E-state index in [1.165, 1.54) is 6.42 Å². The van der Waals surface area contributed by atoms with Crippen LogP contribution >= 0.6 is 0 Å².